The lowest BCUT2D eigenvalue weighted by molar-refractivity contribution is -0.385. The molecule has 0 aliphatic heterocycles. The van der Waals surface area contributed by atoms with E-state index in [2.05, 4.69) is 20.7 Å². The summed E-state index contributed by atoms with van der Waals surface area (Å²) >= 11 is 1.17. The van der Waals surface area contributed by atoms with Crippen LogP contribution in [0.3, 0.4) is 0 Å². The minimum Gasteiger partial charge on any atom is -0.260 e. The van der Waals surface area contributed by atoms with E-state index in [1.54, 1.807) is 6.07 Å². The van der Waals surface area contributed by atoms with E-state index in [0.29, 0.717) is 21.0 Å². The Hall–Kier alpha value is -3.47. The third-order valence-corrected chi connectivity index (χ3v) is 3.87. The summed E-state index contributed by atoms with van der Waals surface area (Å²) in [4.78, 5) is 24.5. The maximum Gasteiger partial charge on any atom is 0.270 e. The van der Waals surface area contributed by atoms with Crippen LogP contribution in [0.1, 0.15) is 0 Å². The fourth-order valence-corrected chi connectivity index (χ4v) is 2.66. The molecule has 3 rings (SSSR count). The zero-order chi connectivity index (χ0) is 17.1. The quantitative estimate of drug-likeness (QED) is 0.418. The van der Waals surface area contributed by atoms with Crippen molar-refractivity contribution in [2.24, 2.45) is 10.3 Å². The van der Waals surface area contributed by atoms with Gasteiger partial charge in [-0.05, 0) is 18.2 Å². The molecule has 1 aromatic heterocycles. The topological polar surface area (TPSA) is 136 Å². The van der Waals surface area contributed by atoms with E-state index in [1.165, 1.54) is 47.7 Å². The number of nitro groups is 2. The number of nitrogens with one attached hydrogen (secondary N) is 1. The van der Waals surface area contributed by atoms with Gasteiger partial charge in [-0.1, -0.05) is 16.6 Å². The number of hydrogen-bond acceptors (Lipinski definition) is 8. The molecular weight excluding hydrogens is 336 g/mol. The molecule has 10 nitrogen and oxygen atoms in total. The summed E-state index contributed by atoms with van der Waals surface area (Å²) in [6.45, 7) is 0. The van der Waals surface area contributed by atoms with E-state index in [1.807, 2.05) is 0 Å². The Balaban J connectivity index is 1.73. The molecule has 0 unspecified atom stereocenters. The van der Waals surface area contributed by atoms with Gasteiger partial charge in [0.1, 0.15) is 0 Å². The average Bonchev–Trinajstić information content (AvgIpc) is 2.97. The van der Waals surface area contributed by atoms with Crippen molar-refractivity contribution in [2.75, 3.05) is 5.43 Å². The van der Waals surface area contributed by atoms with E-state index >= 15 is 0 Å². The summed E-state index contributed by atoms with van der Waals surface area (Å²) in [6.07, 6.45) is 0. The van der Waals surface area contributed by atoms with Gasteiger partial charge in [-0.15, -0.1) is 5.11 Å². The Kier molecular flexibility index (Phi) is 4.07. The largest absolute Gasteiger partial charge is 0.270 e. The number of non-ortho nitro benzene ring substituents is 2. The van der Waals surface area contributed by atoms with Gasteiger partial charge in [0.05, 0.1) is 25.8 Å². The molecule has 0 atom stereocenters. The number of anilines is 1. The van der Waals surface area contributed by atoms with E-state index in [9.17, 15) is 20.2 Å². The molecular formula is C13H8N6O4S. The molecule has 0 spiro atoms. The zero-order valence-electron chi connectivity index (χ0n) is 11.8. The molecule has 0 aliphatic carbocycles. The van der Waals surface area contributed by atoms with Crippen LogP contribution in [0, 0.1) is 20.2 Å². The SMILES string of the molecule is O=[N+]([O-])c1ccc(NN=Nc2nc3ccc([N+](=O)[O-])cc3s2)cc1. The van der Waals surface area contributed by atoms with Crippen molar-refractivity contribution in [3.8, 4) is 0 Å². The van der Waals surface area contributed by atoms with Crippen molar-refractivity contribution in [3.05, 3.63) is 62.7 Å². The number of nitro benzene ring substituents is 2. The van der Waals surface area contributed by atoms with Crippen LogP contribution in [0.5, 0.6) is 0 Å². The van der Waals surface area contributed by atoms with Crippen LogP contribution in [0.4, 0.5) is 22.2 Å². The summed E-state index contributed by atoms with van der Waals surface area (Å²) < 4.78 is 0.633. The summed E-state index contributed by atoms with van der Waals surface area (Å²) in [6, 6.07) is 10.0. The van der Waals surface area contributed by atoms with Gasteiger partial charge >= 0.3 is 0 Å². The van der Waals surface area contributed by atoms with Crippen LogP contribution >= 0.6 is 11.3 Å². The Bertz CT molecular complexity index is 953. The molecule has 0 bridgehead atoms. The number of nitrogens with zero attached hydrogens (tertiary/aromatic N) is 5. The highest BCUT2D eigenvalue weighted by Gasteiger charge is 2.10. The predicted octanol–water partition coefficient (Wildman–Crippen LogP) is 4.22. The van der Waals surface area contributed by atoms with Gasteiger partial charge in [0.2, 0.25) is 5.13 Å². The van der Waals surface area contributed by atoms with Gasteiger partial charge in [-0.25, -0.2) is 4.98 Å². The van der Waals surface area contributed by atoms with E-state index in [-0.39, 0.29) is 11.4 Å². The molecule has 11 heteroatoms. The smallest absolute Gasteiger partial charge is 0.260 e. The molecule has 1 N–H and O–H groups in total. The zero-order valence-corrected chi connectivity index (χ0v) is 12.6. The standard InChI is InChI=1S/C13H8N6O4S/c20-18(21)9-3-1-8(2-4-9)15-17-16-13-14-11-6-5-10(19(22)23)7-12(11)24-13/h1-7H,(H,14,15,16). The van der Waals surface area contributed by atoms with Crippen molar-refractivity contribution >= 4 is 43.7 Å². The summed E-state index contributed by atoms with van der Waals surface area (Å²) in [5.41, 5.74) is 3.71. The van der Waals surface area contributed by atoms with Gasteiger partial charge < -0.3 is 0 Å². The third-order valence-electron chi connectivity index (χ3n) is 2.96. The number of fused-ring (bicyclic) bond motifs is 1. The van der Waals surface area contributed by atoms with E-state index in [4.69, 9.17) is 0 Å². The van der Waals surface area contributed by atoms with Gasteiger partial charge in [-0.2, -0.15) is 0 Å². The first kappa shape index (κ1) is 15.4. The molecule has 0 amide bonds. The average molecular weight is 344 g/mol. The first-order chi connectivity index (χ1) is 11.5. The Morgan fingerprint density at radius 3 is 2.33 bits per heavy atom. The molecule has 2 aromatic carbocycles. The van der Waals surface area contributed by atoms with Crippen LogP contribution in [0.2, 0.25) is 0 Å². The molecule has 3 aromatic rings. The highest BCUT2D eigenvalue weighted by Crippen LogP contribution is 2.30. The summed E-state index contributed by atoms with van der Waals surface area (Å²) in [5, 5.41) is 29.3. The third kappa shape index (κ3) is 3.30. The first-order valence-electron chi connectivity index (χ1n) is 6.49. The lowest BCUT2D eigenvalue weighted by Crippen LogP contribution is -1.89. The number of thiazole rings is 1. The van der Waals surface area contributed by atoms with Crippen molar-refractivity contribution in [1.29, 1.82) is 0 Å². The molecule has 120 valence electrons. The normalized spacial score (nSPS) is 11.0. The number of benzene rings is 2. The molecule has 0 fully saturated rings. The number of aromatic nitrogens is 1. The molecule has 0 saturated heterocycles. The fourth-order valence-electron chi connectivity index (χ4n) is 1.84. The van der Waals surface area contributed by atoms with Crippen molar-refractivity contribution in [2.45, 2.75) is 0 Å². The maximum absolute atomic E-state index is 10.7. The van der Waals surface area contributed by atoms with Gasteiger partial charge in [0, 0.05) is 24.3 Å². The van der Waals surface area contributed by atoms with Crippen LogP contribution in [-0.4, -0.2) is 14.8 Å². The highest BCUT2D eigenvalue weighted by molar-refractivity contribution is 7.21. The van der Waals surface area contributed by atoms with Crippen molar-refractivity contribution in [3.63, 3.8) is 0 Å². The minimum atomic E-state index is -0.494. The van der Waals surface area contributed by atoms with Crippen molar-refractivity contribution < 1.29 is 9.85 Å². The van der Waals surface area contributed by atoms with Crippen LogP contribution in [-0.2, 0) is 0 Å². The van der Waals surface area contributed by atoms with Crippen LogP contribution in [0.15, 0.2) is 52.8 Å². The minimum absolute atomic E-state index is 0.0151. The summed E-state index contributed by atoms with van der Waals surface area (Å²) in [7, 11) is 0. The second kappa shape index (κ2) is 6.34. The molecule has 0 saturated carbocycles. The highest BCUT2D eigenvalue weighted by atomic mass is 32.1. The molecule has 24 heavy (non-hydrogen) atoms. The fraction of sp³-hybridized carbons (Fsp3) is 0. The number of hydrogen-bond donors (Lipinski definition) is 1. The van der Waals surface area contributed by atoms with Gasteiger partial charge in [0.25, 0.3) is 11.4 Å². The molecule has 0 radical (unpaired) electrons. The monoisotopic (exact) mass is 344 g/mol. The maximum atomic E-state index is 10.7. The van der Waals surface area contributed by atoms with E-state index < -0.39 is 9.85 Å². The van der Waals surface area contributed by atoms with Crippen LogP contribution < -0.4 is 5.43 Å². The van der Waals surface area contributed by atoms with Gasteiger partial charge in [-0.3, -0.25) is 25.7 Å². The lowest BCUT2D eigenvalue weighted by atomic mass is 10.3. The Morgan fingerprint density at radius 2 is 1.67 bits per heavy atom. The predicted molar refractivity (Wildman–Crippen MR) is 87.5 cm³/mol. The Morgan fingerprint density at radius 1 is 1.00 bits per heavy atom. The lowest BCUT2D eigenvalue weighted by Gasteiger charge is -1.97. The first-order valence-corrected chi connectivity index (χ1v) is 7.31. The van der Waals surface area contributed by atoms with Crippen molar-refractivity contribution in [1.82, 2.24) is 4.98 Å². The Labute approximate surface area is 137 Å². The van der Waals surface area contributed by atoms with Crippen LogP contribution in [0.25, 0.3) is 10.2 Å². The second-order valence-electron chi connectivity index (χ2n) is 4.52. The summed E-state index contributed by atoms with van der Waals surface area (Å²) in [5.74, 6) is 0. The number of rotatable bonds is 5. The molecule has 1 heterocycles. The molecule has 0 aliphatic rings. The van der Waals surface area contributed by atoms with E-state index in [0.717, 1.165) is 0 Å². The van der Waals surface area contributed by atoms with Gasteiger partial charge in [0.15, 0.2) is 0 Å². The second-order valence-corrected chi connectivity index (χ2v) is 5.53.